The lowest BCUT2D eigenvalue weighted by Crippen LogP contribution is -2.23. The van der Waals surface area contributed by atoms with E-state index in [2.05, 4.69) is 21.2 Å². The summed E-state index contributed by atoms with van der Waals surface area (Å²) >= 11 is 0. The van der Waals surface area contributed by atoms with Crippen LogP contribution >= 0.6 is 0 Å². The fourth-order valence-electron chi connectivity index (χ4n) is 1.59. The molecular weight excluding hydrogens is 332 g/mol. The van der Waals surface area contributed by atoms with E-state index in [0.717, 1.165) is 11.6 Å². The van der Waals surface area contributed by atoms with Crippen LogP contribution in [0.2, 0.25) is 0 Å². The predicted molar refractivity (Wildman–Crippen MR) is 86.0 cm³/mol. The average Bonchev–Trinajstić information content (AvgIpc) is 2.61. The zero-order valence-corrected chi connectivity index (χ0v) is 14.3. The first-order valence-electron chi connectivity index (χ1n) is 7.57. The van der Waals surface area contributed by atoms with Gasteiger partial charge in [0.1, 0.15) is 18.8 Å². The normalized spacial score (nSPS) is 10.8. The largest absolute Gasteiger partial charge is 0.542 e. The van der Waals surface area contributed by atoms with E-state index >= 15 is 0 Å². The molecular formula is C17H22O8. The zero-order valence-electron chi connectivity index (χ0n) is 14.3. The minimum absolute atomic E-state index is 0.0559. The van der Waals surface area contributed by atoms with Crippen molar-refractivity contribution in [1.82, 2.24) is 0 Å². The number of hydrogen-bond donors (Lipinski definition) is 0. The maximum atomic E-state index is 11.3. The number of esters is 1. The summed E-state index contributed by atoms with van der Waals surface area (Å²) in [5.41, 5.74) is 0.0329. The molecule has 0 saturated carbocycles. The Morgan fingerprint density at radius 1 is 1.04 bits per heavy atom. The fourth-order valence-corrected chi connectivity index (χ4v) is 1.59. The first kappa shape index (κ1) is 20.6. The second-order valence-electron chi connectivity index (χ2n) is 5.19. The Bertz CT molecular complexity index is 541. The first-order chi connectivity index (χ1) is 12.0. The summed E-state index contributed by atoms with van der Waals surface area (Å²) in [5.74, 6) is -0.529. The van der Waals surface area contributed by atoms with Crippen molar-refractivity contribution < 1.29 is 38.6 Å². The maximum absolute atomic E-state index is 11.3. The monoisotopic (exact) mass is 354 g/mol. The van der Waals surface area contributed by atoms with Crippen molar-refractivity contribution in [2.75, 3.05) is 26.4 Å². The van der Waals surface area contributed by atoms with Gasteiger partial charge in [-0.15, -0.1) is 0 Å². The number of benzene rings is 1. The van der Waals surface area contributed by atoms with Crippen LogP contribution in [0.5, 0.6) is 0 Å². The topological polar surface area (TPSA) is 89.5 Å². The Kier molecular flexibility index (Phi) is 9.23. The molecule has 8 nitrogen and oxygen atoms in total. The van der Waals surface area contributed by atoms with Crippen molar-refractivity contribution in [3.05, 3.63) is 48.6 Å². The second kappa shape index (κ2) is 11.2. The summed E-state index contributed by atoms with van der Waals surface area (Å²) < 4.78 is 14.5. The highest BCUT2D eigenvalue weighted by atomic mass is 17.5. The molecule has 0 unspecified atom stereocenters. The third kappa shape index (κ3) is 8.85. The Morgan fingerprint density at radius 3 is 2.32 bits per heavy atom. The van der Waals surface area contributed by atoms with Gasteiger partial charge < -0.3 is 14.2 Å². The maximum Gasteiger partial charge on any atom is 0.542 e. The molecule has 0 saturated heterocycles. The lowest BCUT2D eigenvalue weighted by molar-refractivity contribution is -0.520. The molecule has 0 aliphatic carbocycles. The van der Waals surface area contributed by atoms with Crippen molar-refractivity contribution in [2.45, 2.75) is 19.4 Å². The van der Waals surface area contributed by atoms with Crippen LogP contribution in [0.1, 0.15) is 19.4 Å². The van der Waals surface area contributed by atoms with Gasteiger partial charge in [-0.2, -0.15) is 4.89 Å². The predicted octanol–water partition coefficient (Wildman–Crippen LogP) is 2.68. The van der Waals surface area contributed by atoms with E-state index in [9.17, 15) is 9.59 Å². The molecule has 0 aliphatic rings. The van der Waals surface area contributed by atoms with Crippen molar-refractivity contribution in [3.8, 4) is 0 Å². The van der Waals surface area contributed by atoms with Gasteiger partial charge in [-0.25, -0.2) is 14.5 Å². The molecule has 1 aromatic carbocycles. The summed E-state index contributed by atoms with van der Waals surface area (Å²) in [6.07, 6.45) is -0.00849. The molecule has 0 spiro atoms. The number of carbonyl (C=O) groups excluding carboxylic acids is 2. The minimum Gasteiger partial charge on any atom is -0.460 e. The molecule has 0 radical (unpaired) electrons. The smallest absolute Gasteiger partial charge is 0.460 e. The molecule has 25 heavy (non-hydrogen) atoms. The quantitative estimate of drug-likeness (QED) is 0.197. The molecule has 0 fully saturated rings. The molecule has 0 aromatic heterocycles. The minimum atomic E-state index is -1.06. The molecule has 138 valence electrons. The highest BCUT2D eigenvalue weighted by molar-refractivity contribution is 5.81. The molecule has 0 amide bonds. The van der Waals surface area contributed by atoms with Crippen molar-refractivity contribution in [3.63, 3.8) is 0 Å². The SMILES string of the molecule is C=CC(=O)OCCOCCOC(=O)OOOC(C)(C)c1ccccc1. The highest BCUT2D eigenvalue weighted by Gasteiger charge is 2.24. The van der Waals surface area contributed by atoms with E-state index in [-0.39, 0.29) is 26.4 Å². The van der Waals surface area contributed by atoms with Crippen molar-refractivity contribution >= 4 is 12.1 Å². The molecule has 1 aromatic rings. The summed E-state index contributed by atoms with van der Waals surface area (Å²) in [4.78, 5) is 31.5. The van der Waals surface area contributed by atoms with E-state index in [1.807, 2.05) is 30.3 Å². The summed E-state index contributed by atoms with van der Waals surface area (Å²) in [6.45, 7) is 7.07. The van der Waals surface area contributed by atoms with Crippen LogP contribution in [-0.4, -0.2) is 38.6 Å². The second-order valence-corrected chi connectivity index (χ2v) is 5.19. The van der Waals surface area contributed by atoms with E-state index in [4.69, 9.17) is 14.4 Å². The van der Waals surface area contributed by atoms with Gasteiger partial charge in [0.15, 0.2) is 0 Å². The zero-order chi connectivity index (χ0) is 18.5. The van der Waals surface area contributed by atoms with E-state index in [1.54, 1.807) is 13.8 Å². The molecule has 8 heteroatoms. The fraction of sp³-hybridized carbons (Fsp3) is 0.412. The van der Waals surface area contributed by atoms with Gasteiger partial charge >= 0.3 is 12.1 Å². The lowest BCUT2D eigenvalue weighted by atomic mass is 9.99. The van der Waals surface area contributed by atoms with Crippen LogP contribution in [0.15, 0.2) is 43.0 Å². The summed E-state index contributed by atoms with van der Waals surface area (Å²) in [5, 5.41) is 4.47. The lowest BCUT2D eigenvalue weighted by Gasteiger charge is -2.22. The van der Waals surface area contributed by atoms with Gasteiger partial charge in [0, 0.05) is 6.08 Å². The van der Waals surface area contributed by atoms with Crippen LogP contribution in [0, 0.1) is 0 Å². The Labute approximate surface area is 146 Å². The van der Waals surface area contributed by atoms with Gasteiger partial charge in [-0.1, -0.05) is 36.9 Å². The van der Waals surface area contributed by atoms with E-state index in [1.165, 1.54) is 0 Å². The average molecular weight is 354 g/mol. The summed E-state index contributed by atoms with van der Waals surface area (Å²) in [6, 6.07) is 9.29. The van der Waals surface area contributed by atoms with E-state index in [0.29, 0.717) is 0 Å². The van der Waals surface area contributed by atoms with Crippen LogP contribution in [0.4, 0.5) is 4.79 Å². The summed E-state index contributed by atoms with van der Waals surface area (Å²) in [7, 11) is 0. The van der Waals surface area contributed by atoms with Gasteiger partial charge in [0.2, 0.25) is 0 Å². The van der Waals surface area contributed by atoms with E-state index < -0.39 is 17.7 Å². The van der Waals surface area contributed by atoms with Crippen molar-refractivity contribution in [1.29, 1.82) is 0 Å². The molecule has 0 atom stereocenters. The Balaban J connectivity index is 2.07. The standard InChI is InChI=1S/C17H22O8/c1-4-15(18)21-12-10-20-11-13-22-16(19)23-25-24-17(2,3)14-8-6-5-7-9-14/h4-9H,1,10-13H2,2-3H3. The number of hydrogen-bond acceptors (Lipinski definition) is 8. The van der Waals surface area contributed by atoms with Gasteiger partial charge in [0.05, 0.1) is 13.2 Å². The molecule has 1 rings (SSSR count). The Hall–Kier alpha value is -2.42. The van der Waals surface area contributed by atoms with Gasteiger partial charge in [-0.05, 0) is 24.4 Å². The molecule has 0 bridgehead atoms. The van der Waals surface area contributed by atoms with Gasteiger partial charge in [0.25, 0.3) is 0 Å². The van der Waals surface area contributed by atoms with Crippen LogP contribution in [-0.2, 0) is 39.4 Å². The number of carbonyl (C=O) groups is 2. The number of ether oxygens (including phenoxy) is 3. The third-order valence-electron chi connectivity index (χ3n) is 2.90. The number of rotatable bonds is 11. The Morgan fingerprint density at radius 2 is 1.68 bits per heavy atom. The molecule has 0 heterocycles. The van der Waals surface area contributed by atoms with Crippen molar-refractivity contribution in [2.24, 2.45) is 0 Å². The first-order valence-corrected chi connectivity index (χ1v) is 7.57. The van der Waals surface area contributed by atoms with Crippen LogP contribution < -0.4 is 0 Å². The molecule has 0 N–H and O–H groups in total. The van der Waals surface area contributed by atoms with Gasteiger partial charge in [-0.3, -0.25) is 0 Å². The third-order valence-corrected chi connectivity index (χ3v) is 2.90. The van der Waals surface area contributed by atoms with Crippen LogP contribution in [0.25, 0.3) is 0 Å². The highest BCUT2D eigenvalue weighted by Crippen LogP contribution is 2.24. The molecule has 0 aliphatic heterocycles. The van der Waals surface area contributed by atoms with Crippen LogP contribution in [0.3, 0.4) is 0 Å².